The molecular weight excluding hydrogens is 388 g/mol. The average molecular weight is 411 g/mol. The normalized spacial score (nSPS) is 30.6. The molecule has 0 radical (unpaired) electrons. The number of thioether (sulfide) groups is 1. The third-order valence-corrected chi connectivity index (χ3v) is 8.37. The Morgan fingerprint density at radius 2 is 2.19 bits per heavy atom. The molecule has 7 nitrogen and oxygen atoms in total. The van der Waals surface area contributed by atoms with Crippen LogP contribution >= 0.6 is 11.8 Å². The number of sulfone groups is 1. The van der Waals surface area contributed by atoms with E-state index >= 15 is 0 Å². The summed E-state index contributed by atoms with van der Waals surface area (Å²) in [6.07, 6.45) is 1.08. The highest BCUT2D eigenvalue weighted by atomic mass is 32.2. The maximum atomic E-state index is 12.5. The number of amidine groups is 1. The Morgan fingerprint density at radius 3 is 2.93 bits per heavy atom. The summed E-state index contributed by atoms with van der Waals surface area (Å²) in [5.41, 5.74) is 0.933. The minimum atomic E-state index is -3.07. The van der Waals surface area contributed by atoms with Gasteiger partial charge < -0.3 is 14.4 Å². The lowest BCUT2D eigenvalue weighted by Crippen LogP contribution is -2.37. The third-order valence-electron chi connectivity index (χ3n) is 5.12. The van der Waals surface area contributed by atoms with Crippen molar-refractivity contribution < 1.29 is 22.7 Å². The van der Waals surface area contributed by atoms with Crippen LogP contribution in [0.1, 0.15) is 18.4 Å². The van der Waals surface area contributed by atoms with E-state index in [9.17, 15) is 13.2 Å². The van der Waals surface area contributed by atoms with Gasteiger partial charge in [-0.3, -0.25) is 4.79 Å². The van der Waals surface area contributed by atoms with Crippen molar-refractivity contribution >= 4 is 32.7 Å². The van der Waals surface area contributed by atoms with Crippen LogP contribution in [0.2, 0.25) is 0 Å². The molecule has 9 heteroatoms. The number of amides is 1. The largest absolute Gasteiger partial charge is 0.496 e. The standard InChI is InChI=1S/C18H22N2O5S2/c1-24-14-6-3-2-5-12(14)9-20-13-10-27(22,23)11-16(13)26-18(20)19-17(21)15-7-4-8-25-15/h2-3,5-6,13,15-16H,4,7-11H2,1H3/t13-,15+,16-/m1/s1. The first kappa shape index (κ1) is 18.8. The summed E-state index contributed by atoms with van der Waals surface area (Å²) in [7, 11) is -1.46. The molecule has 1 amide bonds. The van der Waals surface area contributed by atoms with Crippen molar-refractivity contribution in [3.8, 4) is 5.75 Å². The molecule has 3 fully saturated rings. The maximum Gasteiger partial charge on any atom is 0.277 e. The molecule has 1 aromatic carbocycles. The van der Waals surface area contributed by atoms with Crippen molar-refractivity contribution in [1.29, 1.82) is 0 Å². The highest BCUT2D eigenvalue weighted by molar-refractivity contribution is 8.15. The number of rotatable bonds is 4. The Balaban J connectivity index is 1.63. The van der Waals surface area contributed by atoms with Crippen LogP contribution < -0.4 is 4.74 Å². The van der Waals surface area contributed by atoms with Gasteiger partial charge in [0, 0.05) is 24.0 Å². The zero-order valence-corrected chi connectivity index (χ0v) is 16.7. The van der Waals surface area contributed by atoms with Gasteiger partial charge in [-0.25, -0.2) is 8.42 Å². The number of fused-ring (bicyclic) bond motifs is 1. The van der Waals surface area contributed by atoms with Crippen LogP contribution in [0.25, 0.3) is 0 Å². The minimum Gasteiger partial charge on any atom is -0.496 e. The molecule has 0 spiro atoms. The van der Waals surface area contributed by atoms with E-state index in [-0.39, 0.29) is 28.7 Å². The Bertz CT molecular complexity index is 864. The van der Waals surface area contributed by atoms with Gasteiger partial charge in [-0.15, -0.1) is 0 Å². The first-order valence-electron chi connectivity index (χ1n) is 8.96. The Kier molecular flexibility index (Phi) is 5.17. The number of carbonyl (C=O) groups excluding carboxylic acids is 1. The quantitative estimate of drug-likeness (QED) is 0.743. The molecule has 0 aliphatic carbocycles. The van der Waals surface area contributed by atoms with Gasteiger partial charge in [0.05, 0.1) is 24.7 Å². The highest BCUT2D eigenvalue weighted by Crippen LogP contribution is 2.40. The van der Waals surface area contributed by atoms with Gasteiger partial charge in [-0.1, -0.05) is 30.0 Å². The lowest BCUT2D eigenvalue weighted by atomic mass is 10.1. The van der Waals surface area contributed by atoms with Crippen molar-refractivity contribution in [2.24, 2.45) is 4.99 Å². The van der Waals surface area contributed by atoms with Crippen LogP contribution in [-0.4, -0.2) is 67.0 Å². The van der Waals surface area contributed by atoms with Crippen molar-refractivity contribution in [2.75, 3.05) is 25.2 Å². The first-order valence-corrected chi connectivity index (χ1v) is 11.7. The predicted octanol–water partition coefficient (Wildman–Crippen LogP) is 1.47. The fourth-order valence-corrected chi connectivity index (χ4v) is 7.73. The predicted molar refractivity (Wildman–Crippen MR) is 104 cm³/mol. The number of carbonyl (C=O) groups is 1. The lowest BCUT2D eigenvalue weighted by molar-refractivity contribution is -0.126. The van der Waals surface area contributed by atoms with Crippen molar-refractivity contribution in [3.05, 3.63) is 29.8 Å². The summed E-state index contributed by atoms with van der Waals surface area (Å²) in [5.74, 6) is 0.671. The molecular formula is C18H22N2O5S2. The monoisotopic (exact) mass is 410 g/mol. The topological polar surface area (TPSA) is 85.3 Å². The number of nitrogens with zero attached hydrogens (tertiary/aromatic N) is 2. The lowest BCUT2D eigenvalue weighted by Gasteiger charge is -2.25. The summed E-state index contributed by atoms with van der Waals surface area (Å²) in [5, 5.41) is 0.493. The van der Waals surface area contributed by atoms with Crippen LogP contribution in [0.4, 0.5) is 0 Å². The number of hydrogen-bond acceptors (Lipinski definition) is 6. The van der Waals surface area contributed by atoms with Gasteiger partial charge >= 0.3 is 0 Å². The zero-order chi connectivity index (χ0) is 19.0. The van der Waals surface area contributed by atoms with E-state index in [2.05, 4.69) is 4.99 Å². The molecule has 3 aliphatic rings. The second kappa shape index (κ2) is 7.44. The molecule has 3 aliphatic heterocycles. The molecule has 1 aromatic rings. The zero-order valence-electron chi connectivity index (χ0n) is 15.0. The SMILES string of the molecule is COc1ccccc1CN1C(=NC(=O)[C@@H]2CCCO2)S[C@@H]2CS(=O)(=O)C[C@H]21. The highest BCUT2D eigenvalue weighted by Gasteiger charge is 2.49. The van der Waals surface area contributed by atoms with E-state index in [0.717, 1.165) is 17.7 Å². The molecule has 3 atom stereocenters. The van der Waals surface area contributed by atoms with Gasteiger partial charge in [-0.05, 0) is 18.9 Å². The second-order valence-electron chi connectivity index (χ2n) is 6.97. The van der Waals surface area contributed by atoms with Crippen LogP contribution in [0.15, 0.2) is 29.3 Å². The number of aliphatic imine (C=N–C) groups is 1. The number of benzene rings is 1. The van der Waals surface area contributed by atoms with E-state index in [1.54, 1.807) is 7.11 Å². The van der Waals surface area contributed by atoms with Gasteiger partial charge in [0.1, 0.15) is 11.9 Å². The molecule has 0 N–H and O–H groups in total. The van der Waals surface area contributed by atoms with E-state index in [1.807, 2.05) is 29.2 Å². The van der Waals surface area contributed by atoms with Crippen LogP contribution in [0.5, 0.6) is 5.75 Å². The van der Waals surface area contributed by atoms with Crippen LogP contribution in [0.3, 0.4) is 0 Å². The molecule has 0 bridgehead atoms. The molecule has 146 valence electrons. The first-order chi connectivity index (χ1) is 13.0. The average Bonchev–Trinajstić information content (AvgIpc) is 3.33. The van der Waals surface area contributed by atoms with Crippen molar-refractivity contribution in [3.63, 3.8) is 0 Å². The van der Waals surface area contributed by atoms with E-state index < -0.39 is 15.9 Å². The number of para-hydroxylation sites is 1. The van der Waals surface area contributed by atoms with Gasteiger partial charge in [0.25, 0.3) is 5.91 Å². The smallest absolute Gasteiger partial charge is 0.277 e. The number of hydrogen-bond donors (Lipinski definition) is 0. The molecule has 0 saturated carbocycles. The fourth-order valence-electron chi connectivity index (χ4n) is 3.78. The van der Waals surface area contributed by atoms with E-state index in [4.69, 9.17) is 9.47 Å². The molecule has 3 heterocycles. The molecule has 0 aromatic heterocycles. The van der Waals surface area contributed by atoms with Crippen molar-refractivity contribution in [2.45, 2.75) is 36.8 Å². The summed E-state index contributed by atoms with van der Waals surface area (Å²) in [6.45, 7) is 1.04. The molecule has 3 saturated heterocycles. The Hall–Kier alpha value is -1.58. The summed E-state index contributed by atoms with van der Waals surface area (Å²) < 4.78 is 35.1. The maximum absolute atomic E-state index is 12.5. The van der Waals surface area contributed by atoms with E-state index in [1.165, 1.54) is 11.8 Å². The fraction of sp³-hybridized carbons (Fsp3) is 0.556. The van der Waals surface area contributed by atoms with Crippen LogP contribution in [-0.2, 0) is 25.9 Å². The van der Waals surface area contributed by atoms with Gasteiger partial charge in [0.15, 0.2) is 15.0 Å². The third kappa shape index (κ3) is 3.86. The van der Waals surface area contributed by atoms with Gasteiger partial charge in [0.2, 0.25) is 0 Å². The number of ether oxygens (including phenoxy) is 2. The van der Waals surface area contributed by atoms with Crippen LogP contribution in [0, 0.1) is 0 Å². The molecule has 0 unspecified atom stereocenters. The summed E-state index contributed by atoms with van der Waals surface area (Å²) >= 11 is 1.39. The second-order valence-corrected chi connectivity index (χ2v) is 10.3. The summed E-state index contributed by atoms with van der Waals surface area (Å²) in [6, 6.07) is 7.44. The Morgan fingerprint density at radius 1 is 1.37 bits per heavy atom. The Labute approximate surface area is 163 Å². The molecule has 27 heavy (non-hydrogen) atoms. The molecule has 4 rings (SSSR count). The summed E-state index contributed by atoms with van der Waals surface area (Å²) in [4.78, 5) is 18.8. The number of methoxy groups -OCH3 is 1. The minimum absolute atomic E-state index is 0.0902. The van der Waals surface area contributed by atoms with Gasteiger partial charge in [-0.2, -0.15) is 4.99 Å². The van der Waals surface area contributed by atoms with Crippen molar-refractivity contribution in [1.82, 2.24) is 4.90 Å². The van der Waals surface area contributed by atoms with E-state index in [0.29, 0.717) is 24.7 Å².